The number of carboxylic acid groups (broad SMARTS) is 1. The molecular formula is C14H14N2O2. The fourth-order valence-corrected chi connectivity index (χ4v) is 1.71. The van der Waals surface area contributed by atoms with Gasteiger partial charge < -0.3 is 10.8 Å². The summed E-state index contributed by atoms with van der Waals surface area (Å²) in [5.41, 5.74) is 8.22. The van der Waals surface area contributed by atoms with E-state index in [1.165, 1.54) is 0 Å². The Morgan fingerprint density at radius 2 is 2.00 bits per heavy atom. The molecule has 0 spiro atoms. The van der Waals surface area contributed by atoms with Gasteiger partial charge in [0.15, 0.2) is 0 Å². The Balaban J connectivity index is 2.23. The Labute approximate surface area is 105 Å². The largest absolute Gasteiger partial charge is 0.480 e. The van der Waals surface area contributed by atoms with Gasteiger partial charge in [-0.3, -0.25) is 9.78 Å². The van der Waals surface area contributed by atoms with Crippen molar-refractivity contribution >= 4 is 5.97 Å². The van der Waals surface area contributed by atoms with Crippen LogP contribution in [0, 0.1) is 0 Å². The molecule has 0 aliphatic rings. The van der Waals surface area contributed by atoms with E-state index >= 15 is 0 Å². The highest BCUT2D eigenvalue weighted by molar-refractivity contribution is 5.73. The number of aromatic nitrogens is 1. The third kappa shape index (κ3) is 2.93. The van der Waals surface area contributed by atoms with Crippen LogP contribution in [0.25, 0.3) is 11.3 Å². The lowest BCUT2D eigenvalue weighted by molar-refractivity contribution is -0.138. The SMILES string of the molecule is N[C@H](Cc1ccnc(-c2ccccc2)c1)C(=O)O. The fourth-order valence-electron chi connectivity index (χ4n) is 1.71. The summed E-state index contributed by atoms with van der Waals surface area (Å²) in [4.78, 5) is 15.0. The monoisotopic (exact) mass is 242 g/mol. The summed E-state index contributed by atoms with van der Waals surface area (Å²) in [7, 11) is 0. The number of hydrogen-bond donors (Lipinski definition) is 2. The molecule has 0 saturated heterocycles. The highest BCUT2D eigenvalue weighted by atomic mass is 16.4. The zero-order valence-electron chi connectivity index (χ0n) is 9.78. The van der Waals surface area contributed by atoms with Crippen LogP contribution in [0.2, 0.25) is 0 Å². The second kappa shape index (κ2) is 5.42. The molecule has 0 bridgehead atoms. The van der Waals surface area contributed by atoms with Crippen molar-refractivity contribution in [1.29, 1.82) is 0 Å². The van der Waals surface area contributed by atoms with Crippen molar-refractivity contribution in [2.45, 2.75) is 12.5 Å². The summed E-state index contributed by atoms with van der Waals surface area (Å²) in [6.07, 6.45) is 1.98. The van der Waals surface area contributed by atoms with Crippen molar-refractivity contribution < 1.29 is 9.90 Å². The lowest BCUT2D eigenvalue weighted by Gasteiger charge is -2.07. The van der Waals surface area contributed by atoms with Gasteiger partial charge in [0.1, 0.15) is 6.04 Å². The van der Waals surface area contributed by atoms with Gasteiger partial charge in [-0.1, -0.05) is 30.3 Å². The van der Waals surface area contributed by atoms with E-state index in [2.05, 4.69) is 4.98 Å². The maximum absolute atomic E-state index is 10.7. The second-order valence-electron chi connectivity index (χ2n) is 4.06. The van der Waals surface area contributed by atoms with Crippen LogP contribution in [0.3, 0.4) is 0 Å². The van der Waals surface area contributed by atoms with Crippen molar-refractivity contribution in [3.05, 3.63) is 54.2 Å². The lowest BCUT2D eigenvalue weighted by Crippen LogP contribution is -2.32. The topological polar surface area (TPSA) is 76.2 Å². The minimum atomic E-state index is -0.993. The Kier molecular flexibility index (Phi) is 3.69. The number of benzene rings is 1. The van der Waals surface area contributed by atoms with Crippen LogP contribution < -0.4 is 5.73 Å². The second-order valence-corrected chi connectivity index (χ2v) is 4.06. The first-order valence-corrected chi connectivity index (χ1v) is 5.65. The third-order valence-corrected chi connectivity index (χ3v) is 2.67. The minimum absolute atomic E-state index is 0.303. The molecule has 1 atom stereocenters. The number of aliphatic carboxylic acids is 1. The minimum Gasteiger partial charge on any atom is -0.480 e. The van der Waals surface area contributed by atoms with Crippen LogP contribution >= 0.6 is 0 Å². The number of carbonyl (C=O) groups is 1. The van der Waals surface area contributed by atoms with Gasteiger partial charge in [0.05, 0.1) is 5.69 Å². The lowest BCUT2D eigenvalue weighted by atomic mass is 10.0. The van der Waals surface area contributed by atoms with E-state index in [1.807, 2.05) is 36.4 Å². The van der Waals surface area contributed by atoms with Crippen molar-refractivity contribution in [2.75, 3.05) is 0 Å². The van der Waals surface area contributed by atoms with Crippen molar-refractivity contribution in [2.24, 2.45) is 5.73 Å². The van der Waals surface area contributed by atoms with Gasteiger partial charge in [0.25, 0.3) is 0 Å². The molecule has 1 heterocycles. The number of carboxylic acids is 1. The molecular weight excluding hydrogens is 228 g/mol. The molecule has 0 aliphatic carbocycles. The smallest absolute Gasteiger partial charge is 0.320 e. The molecule has 4 nitrogen and oxygen atoms in total. The molecule has 0 fully saturated rings. The van der Waals surface area contributed by atoms with E-state index in [1.54, 1.807) is 12.3 Å². The van der Waals surface area contributed by atoms with E-state index in [0.29, 0.717) is 6.42 Å². The van der Waals surface area contributed by atoms with Gasteiger partial charge in [-0.15, -0.1) is 0 Å². The van der Waals surface area contributed by atoms with Gasteiger partial charge >= 0.3 is 5.97 Å². The number of pyridine rings is 1. The van der Waals surface area contributed by atoms with Crippen LogP contribution in [-0.2, 0) is 11.2 Å². The van der Waals surface area contributed by atoms with Crippen LogP contribution in [0.5, 0.6) is 0 Å². The van der Waals surface area contributed by atoms with E-state index in [-0.39, 0.29) is 0 Å². The van der Waals surface area contributed by atoms with Crippen LogP contribution in [0.4, 0.5) is 0 Å². The quantitative estimate of drug-likeness (QED) is 0.855. The summed E-state index contributed by atoms with van der Waals surface area (Å²) < 4.78 is 0. The highest BCUT2D eigenvalue weighted by Crippen LogP contribution is 2.17. The fraction of sp³-hybridized carbons (Fsp3) is 0.143. The first kappa shape index (κ1) is 12.3. The predicted molar refractivity (Wildman–Crippen MR) is 69.0 cm³/mol. The van der Waals surface area contributed by atoms with Gasteiger partial charge in [-0.05, 0) is 24.1 Å². The van der Waals surface area contributed by atoms with Crippen molar-refractivity contribution in [1.82, 2.24) is 4.98 Å². The van der Waals surface area contributed by atoms with E-state index < -0.39 is 12.0 Å². The van der Waals surface area contributed by atoms with Crippen molar-refractivity contribution in [3.8, 4) is 11.3 Å². The molecule has 92 valence electrons. The van der Waals surface area contributed by atoms with Gasteiger partial charge in [0, 0.05) is 11.8 Å². The van der Waals surface area contributed by atoms with Crippen LogP contribution in [0.15, 0.2) is 48.7 Å². The Bertz CT molecular complexity index is 541. The molecule has 1 aromatic heterocycles. The normalized spacial score (nSPS) is 12.1. The zero-order valence-corrected chi connectivity index (χ0v) is 9.78. The first-order chi connectivity index (χ1) is 8.66. The Morgan fingerprint density at radius 1 is 1.28 bits per heavy atom. The maximum Gasteiger partial charge on any atom is 0.320 e. The van der Waals surface area contributed by atoms with E-state index in [0.717, 1.165) is 16.8 Å². The molecule has 0 radical (unpaired) electrons. The summed E-state index contributed by atoms with van der Waals surface area (Å²) in [5, 5.41) is 8.79. The molecule has 0 unspecified atom stereocenters. The number of hydrogen-bond acceptors (Lipinski definition) is 3. The first-order valence-electron chi connectivity index (χ1n) is 5.65. The molecule has 2 aromatic rings. The Morgan fingerprint density at radius 3 is 2.67 bits per heavy atom. The number of rotatable bonds is 4. The van der Waals surface area contributed by atoms with E-state index in [9.17, 15) is 4.79 Å². The van der Waals surface area contributed by atoms with Gasteiger partial charge in [-0.25, -0.2) is 0 Å². The summed E-state index contributed by atoms with van der Waals surface area (Å²) in [6, 6.07) is 12.5. The summed E-state index contributed by atoms with van der Waals surface area (Å²) >= 11 is 0. The van der Waals surface area contributed by atoms with Crippen molar-refractivity contribution in [3.63, 3.8) is 0 Å². The highest BCUT2D eigenvalue weighted by Gasteiger charge is 2.12. The van der Waals surface area contributed by atoms with E-state index in [4.69, 9.17) is 10.8 Å². The summed E-state index contributed by atoms with van der Waals surface area (Å²) in [5.74, 6) is -0.993. The third-order valence-electron chi connectivity index (χ3n) is 2.67. The number of nitrogens with zero attached hydrogens (tertiary/aromatic N) is 1. The average molecular weight is 242 g/mol. The zero-order chi connectivity index (χ0) is 13.0. The molecule has 0 amide bonds. The molecule has 4 heteroatoms. The molecule has 0 saturated carbocycles. The summed E-state index contributed by atoms with van der Waals surface area (Å²) in [6.45, 7) is 0. The molecule has 3 N–H and O–H groups in total. The average Bonchev–Trinajstić information content (AvgIpc) is 2.40. The van der Waals surface area contributed by atoms with Crippen LogP contribution in [-0.4, -0.2) is 22.1 Å². The van der Waals surface area contributed by atoms with Gasteiger partial charge in [-0.2, -0.15) is 0 Å². The molecule has 1 aromatic carbocycles. The maximum atomic E-state index is 10.7. The molecule has 18 heavy (non-hydrogen) atoms. The standard InChI is InChI=1S/C14H14N2O2/c15-12(14(17)18)8-10-6-7-16-13(9-10)11-4-2-1-3-5-11/h1-7,9,12H,8,15H2,(H,17,18)/t12-/m1/s1. The Hall–Kier alpha value is -2.20. The number of nitrogens with two attached hydrogens (primary N) is 1. The van der Waals surface area contributed by atoms with Crippen LogP contribution in [0.1, 0.15) is 5.56 Å². The molecule has 2 rings (SSSR count). The molecule has 0 aliphatic heterocycles. The van der Waals surface area contributed by atoms with Gasteiger partial charge in [0.2, 0.25) is 0 Å². The predicted octanol–water partition coefficient (Wildman–Crippen LogP) is 1.70.